The summed E-state index contributed by atoms with van der Waals surface area (Å²) < 4.78 is 13.2. The Kier molecular flexibility index (Phi) is 4.45. The molecule has 1 saturated heterocycles. The van der Waals surface area contributed by atoms with E-state index in [1.807, 2.05) is 6.92 Å². The molecule has 1 aliphatic heterocycles. The van der Waals surface area contributed by atoms with Gasteiger partial charge in [0.15, 0.2) is 0 Å². The second kappa shape index (κ2) is 6.11. The predicted octanol–water partition coefficient (Wildman–Crippen LogP) is 2.71. The molecule has 6 heteroatoms. The standard InChI is InChI=1S/C15H19FN2O3/c1-9-5-11(14(19)20)8-18(7-9)15(21)17-12-3-4-13(16)10(2)6-12/h3-4,6,9,11H,5,7-8H2,1-2H3,(H,17,21)(H,19,20). The molecule has 2 atom stereocenters. The highest BCUT2D eigenvalue weighted by Crippen LogP contribution is 2.23. The number of rotatable bonds is 2. The number of aryl methyl sites for hydroxylation is 1. The number of halogens is 1. The minimum absolute atomic E-state index is 0.139. The molecule has 1 aliphatic rings. The second-order valence-electron chi connectivity index (χ2n) is 5.68. The van der Waals surface area contributed by atoms with Gasteiger partial charge in [-0.05, 0) is 43.0 Å². The number of likely N-dealkylation sites (tertiary alicyclic amines) is 1. The van der Waals surface area contributed by atoms with Crippen molar-refractivity contribution in [3.8, 4) is 0 Å². The van der Waals surface area contributed by atoms with E-state index in [1.54, 1.807) is 13.0 Å². The third kappa shape index (κ3) is 3.71. The van der Waals surface area contributed by atoms with Crippen LogP contribution >= 0.6 is 0 Å². The number of carboxylic acids is 1. The summed E-state index contributed by atoms with van der Waals surface area (Å²) in [5.74, 6) is -1.60. The van der Waals surface area contributed by atoms with Gasteiger partial charge in [0.25, 0.3) is 0 Å². The number of carbonyl (C=O) groups is 2. The van der Waals surface area contributed by atoms with Crippen molar-refractivity contribution >= 4 is 17.7 Å². The van der Waals surface area contributed by atoms with E-state index in [9.17, 15) is 14.0 Å². The highest BCUT2D eigenvalue weighted by molar-refractivity contribution is 5.89. The van der Waals surface area contributed by atoms with Gasteiger partial charge in [-0.3, -0.25) is 4.79 Å². The lowest BCUT2D eigenvalue weighted by atomic mass is 9.91. The number of urea groups is 1. The normalized spacial score (nSPS) is 22.0. The van der Waals surface area contributed by atoms with Crippen LogP contribution in [0.4, 0.5) is 14.9 Å². The number of amides is 2. The third-order valence-electron chi connectivity index (χ3n) is 3.71. The zero-order chi connectivity index (χ0) is 15.6. The highest BCUT2D eigenvalue weighted by Gasteiger charge is 2.31. The molecule has 0 aliphatic carbocycles. The molecule has 2 rings (SSSR count). The number of nitrogens with zero attached hydrogens (tertiary/aromatic N) is 1. The van der Waals surface area contributed by atoms with Crippen molar-refractivity contribution in [2.24, 2.45) is 11.8 Å². The van der Waals surface area contributed by atoms with E-state index < -0.39 is 11.9 Å². The summed E-state index contributed by atoms with van der Waals surface area (Å²) in [5, 5.41) is 11.8. The highest BCUT2D eigenvalue weighted by atomic mass is 19.1. The molecule has 1 fully saturated rings. The molecule has 2 unspecified atom stereocenters. The topological polar surface area (TPSA) is 69.6 Å². The van der Waals surface area contributed by atoms with Crippen molar-refractivity contribution in [2.45, 2.75) is 20.3 Å². The van der Waals surface area contributed by atoms with Gasteiger partial charge in [-0.2, -0.15) is 0 Å². The molecule has 5 nitrogen and oxygen atoms in total. The Morgan fingerprint density at radius 2 is 2.10 bits per heavy atom. The van der Waals surface area contributed by atoms with Crippen LogP contribution in [0.25, 0.3) is 0 Å². The van der Waals surface area contributed by atoms with Crippen molar-refractivity contribution in [2.75, 3.05) is 18.4 Å². The largest absolute Gasteiger partial charge is 0.481 e. The van der Waals surface area contributed by atoms with Gasteiger partial charge in [-0.25, -0.2) is 9.18 Å². The molecule has 0 spiro atoms. The van der Waals surface area contributed by atoms with E-state index in [4.69, 9.17) is 5.11 Å². The number of carboxylic acid groups (broad SMARTS) is 1. The smallest absolute Gasteiger partial charge is 0.321 e. The zero-order valence-electron chi connectivity index (χ0n) is 12.1. The van der Waals surface area contributed by atoms with Crippen molar-refractivity contribution in [1.82, 2.24) is 4.90 Å². The van der Waals surface area contributed by atoms with Gasteiger partial charge in [0.05, 0.1) is 5.92 Å². The molecule has 2 N–H and O–H groups in total. The van der Waals surface area contributed by atoms with Gasteiger partial charge in [0.2, 0.25) is 0 Å². The number of nitrogens with one attached hydrogen (secondary N) is 1. The Hall–Kier alpha value is -2.11. The number of hydrogen-bond acceptors (Lipinski definition) is 2. The van der Waals surface area contributed by atoms with Crippen LogP contribution in [0.5, 0.6) is 0 Å². The molecular weight excluding hydrogens is 275 g/mol. The predicted molar refractivity (Wildman–Crippen MR) is 76.6 cm³/mol. The first-order valence-corrected chi connectivity index (χ1v) is 6.91. The molecule has 1 aromatic carbocycles. The van der Waals surface area contributed by atoms with Gasteiger partial charge < -0.3 is 15.3 Å². The van der Waals surface area contributed by atoms with E-state index >= 15 is 0 Å². The molecule has 114 valence electrons. The van der Waals surface area contributed by atoms with Gasteiger partial charge in [-0.15, -0.1) is 0 Å². The van der Waals surface area contributed by atoms with Crippen LogP contribution in [-0.4, -0.2) is 35.1 Å². The summed E-state index contributed by atoms with van der Waals surface area (Å²) in [6.07, 6.45) is 0.578. The van der Waals surface area contributed by atoms with E-state index in [1.165, 1.54) is 17.0 Å². The molecular formula is C15H19FN2O3. The maximum Gasteiger partial charge on any atom is 0.321 e. The van der Waals surface area contributed by atoms with Crippen molar-refractivity contribution in [1.29, 1.82) is 0 Å². The van der Waals surface area contributed by atoms with Crippen LogP contribution in [-0.2, 0) is 4.79 Å². The maximum atomic E-state index is 13.2. The first-order chi connectivity index (χ1) is 9.86. The summed E-state index contributed by atoms with van der Waals surface area (Å²) in [6, 6.07) is 3.99. The van der Waals surface area contributed by atoms with E-state index in [2.05, 4.69) is 5.32 Å². The Morgan fingerprint density at radius 3 is 2.71 bits per heavy atom. The molecule has 2 amide bonds. The molecule has 0 bridgehead atoms. The first kappa shape index (κ1) is 15.3. The number of carbonyl (C=O) groups excluding carboxylic acids is 1. The number of aliphatic carboxylic acids is 1. The number of piperidine rings is 1. The SMILES string of the molecule is Cc1cc(NC(=O)N2CC(C)CC(C(=O)O)C2)ccc1F. The Labute approximate surface area is 122 Å². The number of benzene rings is 1. The van der Waals surface area contributed by atoms with E-state index in [-0.39, 0.29) is 24.3 Å². The van der Waals surface area contributed by atoms with Crippen molar-refractivity contribution in [3.63, 3.8) is 0 Å². The Morgan fingerprint density at radius 1 is 1.38 bits per heavy atom. The fourth-order valence-corrected chi connectivity index (χ4v) is 2.62. The van der Waals surface area contributed by atoms with Gasteiger partial charge in [0.1, 0.15) is 5.82 Å². The first-order valence-electron chi connectivity index (χ1n) is 6.91. The van der Waals surface area contributed by atoms with Crippen molar-refractivity contribution < 1.29 is 19.1 Å². The van der Waals surface area contributed by atoms with Crippen LogP contribution in [0.3, 0.4) is 0 Å². The summed E-state index contributed by atoms with van der Waals surface area (Å²) in [6.45, 7) is 4.27. The number of anilines is 1. The average molecular weight is 294 g/mol. The van der Waals surface area contributed by atoms with Crippen LogP contribution < -0.4 is 5.32 Å². The second-order valence-corrected chi connectivity index (χ2v) is 5.68. The molecule has 21 heavy (non-hydrogen) atoms. The summed E-state index contributed by atoms with van der Waals surface area (Å²) >= 11 is 0. The fraction of sp³-hybridized carbons (Fsp3) is 0.467. The molecule has 1 heterocycles. The summed E-state index contributed by atoms with van der Waals surface area (Å²) in [4.78, 5) is 24.8. The monoisotopic (exact) mass is 294 g/mol. The molecule has 0 aromatic heterocycles. The molecule has 0 radical (unpaired) electrons. The Balaban J connectivity index is 2.05. The quantitative estimate of drug-likeness (QED) is 0.881. The van der Waals surface area contributed by atoms with Crippen LogP contribution in [0.2, 0.25) is 0 Å². The fourth-order valence-electron chi connectivity index (χ4n) is 2.62. The van der Waals surface area contributed by atoms with Crippen LogP contribution in [0.1, 0.15) is 18.9 Å². The van der Waals surface area contributed by atoms with E-state index in [0.29, 0.717) is 24.2 Å². The maximum absolute atomic E-state index is 13.2. The van der Waals surface area contributed by atoms with Gasteiger partial charge in [-0.1, -0.05) is 6.92 Å². The van der Waals surface area contributed by atoms with Crippen LogP contribution in [0, 0.1) is 24.6 Å². The summed E-state index contributed by atoms with van der Waals surface area (Å²) in [5.41, 5.74) is 0.951. The lowest BCUT2D eigenvalue weighted by Crippen LogP contribution is -2.47. The summed E-state index contributed by atoms with van der Waals surface area (Å²) in [7, 11) is 0. The minimum atomic E-state index is -0.878. The minimum Gasteiger partial charge on any atom is -0.481 e. The molecule has 0 saturated carbocycles. The lowest BCUT2D eigenvalue weighted by molar-refractivity contribution is -0.143. The zero-order valence-corrected chi connectivity index (χ0v) is 12.1. The molecule has 1 aromatic rings. The van der Waals surface area contributed by atoms with E-state index in [0.717, 1.165) is 0 Å². The third-order valence-corrected chi connectivity index (χ3v) is 3.71. The lowest BCUT2D eigenvalue weighted by Gasteiger charge is -2.34. The van der Waals surface area contributed by atoms with Crippen molar-refractivity contribution in [3.05, 3.63) is 29.6 Å². The van der Waals surface area contributed by atoms with Gasteiger partial charge in [0, 0.05) is 18.8 Å². The average Bonchev–Trinajstić information content (AvgIpc) is 2.42. The Bertz CT molecular complexity index is 562. The van der Waals surface area contributed by atoms with Crippen LogP contribution in [0.15, 0.2) is 18.2 Å². The number of hydrogen-bond donors (Lipinski definition) is 2. The van der Waals surface area contributed by atoms with Gasteiger partial charge >= 0.3 is 12.0 Å².